The maximum absolute atomic E-state index is 13.4. The maximum Gasteiger partial charge on any atom is 0.417 e. The Labute approximate surface area is 157 Å². The average Bonchev–Trinajstić information content (AvgIpc) is 3.10. The van der Waals surface area contributed by atoms with E-state index in [1.54, 1.807) is 6.07 Å². The van der Waals surface area contributed by atoms with Gasteiger partial charge >= 0.3 is 6.18 Å². The zero-order valence-corrected chi connectivity index (χ0v) is 14.5. The van der Waals surface area contributed by atoms with Crippen LogP contribution in [-0.4, -0.2) is 20.2 Å². The highest BCUT2D eigenvalue weighted by Gasteiger charge is 2.34. The quantitative estimate of drug-likeness (QED) is 0.489. The molecular formula is C19H15F3N6. The van der Waals surface area contributed by atoms with Crippen molar-refractivity contribution < 1.29 is 13.2 Å². The first kappa shape index (κ1) is 17.9. The summed E-state index contributed by atoms with van der Waals surface area (Å²) >= 11 is 0. The van der Waals surface area contributed by atoms with E-state index in [1.165, 1.54) is 18.2 Å². The van der Waals surface area contributed by atoms with Crippen LogP contribution in [0.25, 0.3) is 22.3 Å². The number of hydrogen-bond donors (Lipinski definition) is 3. The Morgan fingerprint density at radius 2 is 1.75 bits per heavy atom. The molecule has 2 aromatic carbocycles. The molecule has 2 heterocycles. The second kappa shape index (κ2) is 6.93. The van der Waals surface area contributed by atoms with Crippen LogP contribution in [0.4, 0.5) is 24.8 Å². The van der Waals surface area contributed by atoms with Crippen LogP contribution in [0.3, 0.4) is 0 Å². The topological polar surface area (TPSA) is 92.5 Å². The minimum atomic E-state index is -4.52. The smallest absolute Gasteiger partial charge is 0.325 e. The van der Waals surface area contributed by atoms with E-state index in [9.17, 15) is 13.2 Å². The lowest BCUT2D eigenvalue weighted by atomic mass is 10.1. The van der Waals surface area contributed by atoms with Gasteiger partial charge in [-0.25, -0.2) is 9.97 Å². The number of benzene rings is 2. The lowest BCUT2D eigenvalue weighted by Crippen LogP contribution is -2.10. The Morgan fingerprint density at radius 3 is 2.54 bits per heavy atom. The van der Waals surface area contributed by atoms with Gasteiger partial charge in [0.25, 0.3) is 0 Å². The van der Waals surface area contributed by atoms with Crippen molar-refractivity contribution in [1.29, 1.82) is 0 Å². The molecule has 4 aromatic rings. The van der Waals surface area contributed by atoms with Crippen molar-refractivity contribution in [2.75, 3.05) is 5.32 Å². The van der Waals surface area contributed by atoms with E-state index in [4.69, 9.17) is 5.73 Å². The van der Waals surface area contributed by atoms with Crippen molar-refractivity contribution >= 4 is 22.5 Å². The molecule has 0 aliphatic rings. The fraction of sp³-hybridized carbons (Fsp3) is 0.105. The number of fused-ring (bicyclic) bond motifs is 1. The summed E-state index contributed by atoms with van der Waals surface area (Å²) < 4.78 is 40.2. The molecule has 0 radical (unpaired) electrons. The van der Waals surface area contributed by atoms with Gasteiger partial charge in [0.15, 0.2) is 11.6 Å². The fourth-order valence-corrected chi connectivity index (χ4v) is 2.89. The number of H-pyrrole nitrogens is 1. The number of rotatable bonds is 4. The van der Waals surface area contributed by atoms with Crippen molar-refractivity contribution in [3.8, 4) is 11.4 Å². The molecule has 0 aliphatic heterocycles. The lowest BCUT2D eigenvalue weighted by molar-refractivity contribution is -0.137. The molecule has 0 saturated heterocycles. The van der Waals surface area contributed by atoms with E-state index in [2.05, 4.69) is 25.5 Å². The van der Waals surface area contributed by atoms with Gasteiger partial charge in [-0.15, -0.1) is 0 Å². The normalized spacial score (nSPS) is 11.7. The van der Waals surface area contributed by atoms with Crippen molar-refractivity contribution in [2.45, 2.75) is 12.7 Å². The SMILES string of the molecule is NCc1cc(Nc2n[nH]c3ccccc23)nc(-c2ccccc2C(F)(F)F)n1. The first-order chi connectivity index (χ1) is 13.5. The minimum absolute atomic E-state index is 0.0553. The second-order valence-electron chi connectivity index (χ2n) is 6.06. The fourth-order valence-electron chi connectivity index (χ4n) is 2.89. The summed E-state index contributed by atoms with van der Waals surface area (Å²) in [5.41, 5.74) is 6.00. The van der Waals surface area contributed by atoms with Crippen molar-refractivity contribution in [3.05, 3.63) is 65.9 Å². The van der Waals surface area contributed by atoms with E-state index in [-0.39, 0.29) is 17.9 Å². The number of nitrogens with two attached hydrogens (primary N) is 1. The van der Waals surface area contributed by atoms with Gasteiger partial charge in [-0.05, 0) is 18.2 Å². The van der Waals surface area contributed by atoms with Gasteiger partial charge in [-0.3, -0.25) is 5.10 Å². The highest BCUT2D eigenvalue weighted by molar-refractivity contribution is 5.91. The van der Waals surface area contributed by atoms with Gasteiger partial charge in [-0.2, -0.15) is 18.3 Å². The number of nitrogens with one attached hydrogen (secondary N) is 2. The minimum Gasteiger partial charge on any atom is -0.325 e. The average molecular weight is 384 g/mol. The molecule has 0 atom stereocenters. The summed E-state index contributed by atoms with van der Waals surface area (Å²) in [5, 5.41) is 10.9. The third kappa shape index (κ3) is 3.39. The van der Waals surface area contributed by atoms with Gasteiger partial charge in [0, 0.05) is 23.6 Å². The summed E-state index contributed by atoms with van der Waals surface area (Å²) in [6.07, 6.45) is -4.52. The monoisotopic (exact) mass is 384 g/mol. The summed E-state index contributed by atoms with van der Waals surface area (Å²) in [6, 6.07) is 14.2. The number of hydrogen-bond acceptors (Lipinski definition) is 5. The molecule has 4 rings (SSSR count). The molecular weight excluding hydrogens is 369 g/mol. The molecule has 0 amide bonds. The lowest BCUT2D eigenvalue weighted by Gasteiger charge is -2.13. The van der Waals surface area contributed by atoms with Crippen LogP contribution < -0.4 is 11.1 Å². The summed E-state index contributed by atoms with van der Waals surface area (Å²) in [7, 11) is 0. The second-order valence-corrected chi connectivity index (χ2v) is 6.06. The van der Waals surface area contributed by atoms with Gasteiger partial charge < -0.3 is 11.1 Å². The molecule has 2 aromatic heterocycles. The molecule has 9 heteroatoms. The Bertz CT molecular complexity index is 1140. The predicted octanol–water partition coefficient (Wildman–Crippen LogP) is 4.24. The van der Waals surface area contributed by atoms with E-state index in [0.29, 0.717) is 17.3 Å². The Hall–Kier alpha value is -3.46. The predicted molar refractivity (Wildman–Crippen MR) is 99.7 cm³/mol. The molecule has 0 unspecified atom stereocenters. The number of anilines is 2. The van der Waals surface area contributed by atoms with Crippen LogP contribution in [0, 0.1) is 0 Å². The molecule has 0 saturated carbocycles. The molecule has 0 fully saturated rings. The van der Waals surface area contributed by atoms with Crippen molar-refractivity contribution in [2.24, 2.45) is 5.73 Å². The van der Waals surface area contributed by atoms with E-state index < -0.39 is 11.7 Å². The standard InChI is InChI=1S/C19H15F3N6/c20-19(21,22)14-7-3-1-5-12(14)17-24-11(10-23)9-16(25-17)26-18-13-6-2-4-8-15(13)27-28-18/h1-9H,10,23H2,(H2,24,25,26,27,28). The van der Waals surface area contributed by atoms with Crippen molar-refractivity contribution in [3.63, 3.8) is 0 Å². The number of halogens is 3. The largest absolute Gasteiger partial charge is 0.417 e. The van der Waals surface area contributed by atoms with Crippen LogP contribution in [0.15, 0.2) is 54.6 Å². The van der Waals surface area contributed by atoms with E-state index >= 15 is 0 Å². The number of nitrogens with zero attached hydrogens (tertiary/aromatic N) is 3. The molecule has 0 bridgehead atoms. The molecule has 0 spiro atoms. The highest BCUT2D eigenvalue weighted by Crippen LogP contribution is 2.36. The highest BCUT2D eigenvalue weighted by atomic mass is 19.4. The van der Waals surface area contributed by atoms with Crippen molar-refractivity contribution in [1.82, 2.24) is 20.2 Å². The van der Waals surface area contributed by atoms with E-state index in [0.717, 1.165) is 17.0 Å². The van der Waals surface area contributed by atoms with Gasteiger partial charge in [0.2, 0.25) is 0 Å². The number of aromatic amines is 1. The molecule has 6 nitrogen and oxygen atoms in total. The van der Waals surface area contributed by atoms with Crippen LogP contribution in [0.1, 0.15) is 11.3 Å². The Balaban J connectivity index is 1.80. The number of para-hydroxylation sites is 1. The molecule has 4 N–H and O–H groups in total. The third-order valence-electron chi connectivity index (χ3n) is 4.18. The summed E-state index contributed by atoms with van der Waals surface area (Å²) in [5.74, 6) is 0.755. The third-order valence-corrected chi connectivity index (χ3v) is 4.18. The zero-order chi connectivity index (χ0) is 19.7. The van der Waals surface area contributed by atoms with Crippen LogP contribution in [0.5, 0.6) is 0 Å². The zero-order valence-electron chi connectivity index (χ0n) is 14.5. The van der Waals surface area contributed by atoms with Crippen LogP contribution in [-0.2, 0) is 12.7 Å². The molecule has 0 aliphatic carbocycles. The van der Waals surface area contributed by atoms with Crippen LogP contribution >= 0.6 is 0 Å². The Kier molecular flexibility index (Phi) is 4.44. The first-order valence-corrected chi connectivity index (χ1v) is 8.40. The molecule has 142 valence electrons. The molecule has 28 heavy (non-hydrogen) atoms. The Morgan fingerprint density at radius 1 is 1.00 bits per heavy atom. The van der Waals surface area contributed by atoms with Gasteiger partial charge in [0.1, 0.15) is 5.82 Å². The van der Waals surface area contributed by atoms with Gasteiger partial charge in [-0.1, -0.05) is 30.3 Å². The maximum atomic E-state index is 13.4. The summed E-state index contributed by atoms with van der Waals surface area (Å²) in [6.45, 7) is 0.0553. The first-order valence-electron chi connectivity index (χ1n) is 8.40. The number of aromatic nitrogens is 4. The van der Waals surface area contributed by atoms with Gasteiger partial charge in [0.05, 0.1) is 16.8 Å². The number of alkyl halides is 3. The van der Waals surface area contributed by atoms with E-state index in [1.807, 2.05) is 24.3 Å². The summed E-state index contributed by atoms with van der Waals surface area (Å²) in [4.78, 5) is 8.46. The van der Waals surface area contributed by atoms with Crippen LogP contribution in [0.2, 0.25) is 0 Å².